The maximum atomic E-state index is 14.1. The van der Waals surface area contributed by atoms with Crippen LogP contribution in [-0.2, 0) is 33.3 Å². The van der Waals surface area contributed by atoms with Gasteiger partial charge in [-0.25, -0.2) is 9.59 Å². The monoisotopic (exact) mass is 886 g/mol. The molecule has 9 N–H and O–H groups in total. The van der Waals surface area contributed by atoms with Crippen molar-refractivity contribution < 1.29 is 88.4 Å². The van der Waals surface area contributed by atoms with Crippen molar-refractivity contribution >= 4 is 35.1 Å². The van der Waals surface area contributed by atoms with Crippen LogP contribution in [0, 0.1) is 0 Å². The summed E-state index contributed by atoms with van der Waals surface area (Å²) in [5.41, 5.74) is -0.125. The molecular formula is C45H42O19. The lowest BCUT2D eigenvalue weighted by molar-refractivity contribution is -0.319. The van der Waals surface area contributed by atoms with E-state index >= 15 is 0 Å². The maximum absolute atomic E-state index is 14.1. The minimum atomic E-state index is -2.06. The number of aromatic hydroxyl groups is 5. The first-order valence-corrected chi connectivity index (χ1v) is 19.6. The highest BCUT2D eigenvalue weighted by atomic mass is 16.7. The van der Waals surface area contributed by atoms with Gasteiger partial charge in [0, 0.05) is 29.8 Å². The van der Waals surface area contributed by atoms with Crippen LogP contribution >= 0.6 is 0 Å². The first-order chi connectivity index (χ1) is 30.6. The average Bonchev–Trinajstić information content (AvgIpc) is 3.26. The third-order valence-electron chi connectivity index (χ3n) is 10.2. The van der Waals surface area contributed by atoms with Crippen molar-refractivity contribution in [2.45, 2.75) is 68.3 Å². The van der Waals surface area contributed by atoms with E-state index in [0.717, 1.165) is 24.3 Å². The van der Waals surface area contributed by atoms with Gasteiger partial charge in [-0.3, -0.25) is 4.79 Å². The molecule has 4 aromatic carbocycles. The van der Waals surface area contributed by atoms with Crippen molar-refractivity contribution in [1.82, 2.24) is 0 Å². The van der Waals surface area contributed by atoms with Crippen molar-refractivity contribution in [3.63, 3.8) is 0 Å². The van der Waals surface area contributed by atoms with Crippen LogP contribution in [-0.4, -0.2) is 126 Å². The number of hydrogen-bond acceptors (Lipinski definition) is 19. The molecule has 0 spiro atoms. The molecule has 336 valence electrons. The van der Waals surface area contributed by atoms with Gasteiger partial charge in [0.1, 0.15) is 64.1 Å². The number of aliphatic hydroxyl groups is 4. The predicted octanol–water partition coefficient (Wildman–Crippen LogP) is 2.55. The first-order valence-electron chi connectivity index (χ1n) is 19.6. The molecule has 1 aromatic heterocycles. The standard InChI is InChI=1S/C45H42O19/c1-21-40(62-32(51)16-6-22-2-10-25(46)11-3-22)37(55)38(56)44(59-21)58-20-31-35(53)42(63-33(52)17-7-23-4-12-26(47)13-5-23)39(57)45(61-31)64-43-36(54)34-29(50)18-28(49)19-30(34)60-41(43)24-8-14-27(48)15-9-24/h2-19,21,31,35,37-40,42,44-50,53,55-57H,20H2,1H3/t21-,31+,35-,37-,38+,39+,40-,42-,44-,45-/m0/s1. The number of esters is 2. The summed E-state index contributed by atoms with van der Waals surface area (Å²) >= 11 is 0. The van der Waals surface area contributed by atoms with Gasteiger partial charge in [-0.1, -0.05) is 24.3 Å². The Hall–Kier alpha value is -6.97. The van der Waals surface area contributed by atoms with E-state index in [4.69, 9.17) is 32.8 Å². The Morgan fingerprint density at radius 1 is 0.641 bits per heavy atom. The largest absolute Gasteiger partial charge is 0.508 e. The lowest BCUT2D eigenvalue weighted by Crippen LogP contribution is -2.63. The molecule has 2 fully saturated rings. The van der Waals surface area contributed by atoms with Gasteiger partial charge in [0.2, 0.25) is 17.5 Å². The smallest absolute Gasteiger partial charge is 0.331 e. The van der Waals surface area contributed by atoms with Gasteiger partial charge < -0.3 is 78.8 Å². The molecule has 2 aliphatic heterocycles. The normalized spacial score (nSPS) is 26.0. The molecule has 10 atom stereocenters. The summed E-state index contributed by atoms with van der Waals surface area (Å²) in [7, 11) is 0. The summed E-state index contributed by atoms with van der Waals surface area (Å²) in [6.07, 6.45) is -12.4. The van der Waals surface area contributed by atoms with Crippen LogP contribution in [0.25, 0.3) is 34.4 Å². The highest BCUT2D eigenvalue weighted by Crippen LogP contribution is 2.38. The second-order valence-electron chi connectivity index (χ2n) is 14.8. The van der Waals surface area contributed by atoms with Gasteiger partial charge in [-0.05, 0) is 78.7 Å². The number of ether oxygens (including phenoxy) is 6. The predicted molar refractivity (Wildman–Crippen MR) is 221 cm³/mol. The Labute approximate surface area is 362 Å². The van der Waals surface area contributed by atoms with E-state index in [2.05, 4.69) is 0 Å². The van der Waals surface area contributed by atoms with Crippen LogP contribution in [0.1, 0.15) is 18.1 Å². The second-order valence-corrected chi connectivity index (χ2v) is 14.8. The minimum absolute atomic E-state index is 0.0242. The Morgan fingerprint density at radius 2 is 1.19 bits per heavy atom. The quantitative estimate of drug-likeness (QED) is 0.0642. The van der Waals surface area contributed by atoms with Crippen LogP contribution < -0.4 is 10.2 Å². The topological polar surface area (TPSA) is 302 Å². The van der Waals surface area contributed by atoms with Gasteiger partial charge in [0.15, 0.2) is 30.4 Å². The zero-order chi connectivity index (χ0) is 45.8. The van der Waals surface area contributed by atoms with Gasteiger partial charge in [0.25, 0.3) is 0 Å². The number of phenols is 5. The summed E-state index contributed by atoms with van der Waals surface area (Å²) in [5.74, 6) is -4.25. The molecule has 19 nitrogen and oxygen atoms in total. The average molecular weight is 887 g/mol. The fourth-order valence-corrected chi connectivity index (χ4v) is 6.91. The van der Waals surface area contributed by atoms with Crippen molar-refractivity contribution in [1.29, 1.82) is 0 Å². The first kappa shape index (κ1) is 45.1. The van der Waals surface area contributed by atoms with E-state index in [1.165, 1.54) is 79.7 Å². The summed E-state index contributed by atoms with van der Waals surface area (Å²) in [6.45, 7) is 0.712. The summed E-state index contributed by atoms with van der Waals surface area (Å²) in [6, 6.07) is 18.8. The molecule has 19 heteroatoms. The fraction of sp³-hybridized carbons (Fsp3) is 0.267. The molecule has 2 saturated heterocycles. The van der Waals surface area contributed by atoms with E-state index in [1.807, 2.05) is 0 Å². The molecule has 0 radical (unpaired) electrons. The number of hydrogen-bond donors (Lipinski definition) is 9. The molecule has 0 saturated carbocycles. The SMILES string of the molecule is C[C@@H]1O[C@H](OC[C@H]2O[C@@H](Oc3c(-c4ccc(O)cc4)oc4cc(O)cc(O)c4c3=O)[C@H](O)[C@@H](OC(=O)C=Cc3ccc(O)cc3)[C@H]2O)[C@H](O)[C@H](O)[C@H]1OC(=O)C=Cc1ccc(O)cc1. The van der Waals surface area contributed by atoms with E-state index in [9.17, 15) is 60.3 Å². The van der Waals surface area contributed by atoms with Crippen LogP contribution in [0.4, 0.5) is 0 Å². The Bertz CT molecular complexity index is 2570. The fourth-order valence-electron chi connectivity index (χ4n) is 6.91. The van der Waals surface area contributed by atoms with Crippen molar-refractivity contribution in [2.24, 2.45) is 0 Å². The zero-order valence-corrected chi connectivity index (χ0v) is 33.5. The van der Waals surface area contributed by atoms with Crippen LogP contribution in [0.2, 0.25) is 0 Å². The van der Waals surface area contributed by atoms with Crippen LogP contribution in [0.15, 0.2) is 106 Å². The lowest BCUT2D eigenvalue weighted by atomic mass is 9.98. The van der Waals surface area contributed by atoms with Crippen molar-refractivity contribution in [3.8, 4) is 45.8 Å². The molecule has 3 heterocycles. The maximum Gasteiger partial charge on any atom is 0.331 e. The van der Waals surface area contributed by atoms with Crippen molar-refractivity contribution in [2.75, 3.05) is 6.61 Å². The molecule has 0 aliphatic carbocycles. The molecular weight excluding hydrogens is 844 g/mol. The Balaban J connectivity index is 1.14. The van der Waals surface area contributed by atoms with Gasteiger partial charge in [-0.2, -0.15) is 0 Å². The number of rotatable bonds is 12. The Morgan fingerprint density at radius 3 is 1.77 bits per heavy atom. The van der Waals surface area contributed by atoms with Crippen LogP contribution in [0.5, 0.6) is 34.5 Å². The summed E-state index contributed by atoms with van der Waals surface area (Å²) < 4.78 is 40.2. The molecule has 0 amide bonds. The molecule has 64 heavy (non-hydrogen) atoms. The molecule has 2 aliphatic rings. The zero-order valence-electron chi connectivity index (χ0n) is 33.5. The summed E-state index contributed by atoms with van der Waals surface area (Å²) in [4.78, 5) is 39.8. The van der Waals surface area contributed by atoms with Gasteiger partial charge >= 0.3 is 11.9 Å². The lowest BCUT2D eigenvalue weighted by Gasteiger charge is -2.43. The molecule has 5 aromatic rings. The number of aliphatic hydroxyl groups excluding tert-OH is 4. The number of fused-ring (bicyclic) bond motifs is 1. The van der Waals surface area contributed by atoms with E-state index in [0.29, 0.717) is 11.1 Å². The Kier molecular flexibility index (Phi) is 13.5. The van der Waals surface area contributed by atoms with Crippen molar-refractivity contribution in [3.05, 3.63) is 118 Å². The number of benzene rings is 4. The molecule has 0 bridgehead atoms. The van der Waals surface area contributed by atoms with E-state index < -0.39 is 108 Å². The number of carbonyl (C=O) groups excluding carboxylic acids is 2. The highest BCUT2D eigenvalue weighted by Gasteiger charge is 2.50. The molecule has 7 rings (SSSR count). The van der Waals surface area contributed by atoms with Gasteiger partial charge in [-0.15, -0.1) is 0 Å². The summed E-state index contributed by atoms with van der Waals surface area (Å²) in [5, 5.41) is 94.5. The highest BCUT2D eigenvalue weighted by molar-refractivity contribution is 5.89. The third kappa shape index (κ3) is 10.1. The minimum Gasteiger partial charge on any atom is -0.508 e. The van der Waals surface area contributed by atoms with Gasteiger partial charge in [0.05, 0.1) is 12.7 Å². The molecule has 0 unspecified atom stereocenters. The third-order valence-corrected chi connectivity index (χ3v) is 10.2. The van der Waals surface area contributed by atoms with E-state index in [-0.39, 0.29) is 34.2 Å². The second kappa shape index (κ2) is 19.2. The van der Waals surface area contributed by atoms with Crippen LogP contribution in [0.3, 0.4) is 0 Å². The van der Waals surface area contributed by atoms with E-state index in [1.54, 1.807) is 12.1 Å². The number of phenolic OH excluding ortho intramolecular Hbond substituents is 5. The number of carbonyl (C=O) groups is 2.